The molecule has 6 nitrogen and oxygen atoms in total. The number of fused-ring (bicyclic) bond motifs is 1. The van der Waals surface area contributed by atoms with E-state index in [1.54, 1.807) is 23.1 Å². The number of hydrogen-bond donors (Lipinski definition) is 0. The van der Waals surface area contributed by atoms with Crippen LogP contribution in [0.1, 0.15) is 16.7 Å². The Hall–Kier alpha value is -4.06. The highest BCUT2D eigenvalue weighted by Crippen LogP contribution is 2.40. The molecule has 6 heteroatoms. The molecule has 166 valence electrons. The fourth-order valence-corrected chi connectivity index (χ4v) is 4.35. The average molecular weight is 440 g/mol. The molecule has 0 radical (unpaired) electrons. The molecule has 0 fully saturated rings. The van der Waals surface area contributed by atoms with Crippen LogP contribution >= 0.6 is 0 Å². The van der Waals surface area contributed by atoms with Crippen molar-refractivity contribution in [3.8, 4) is 11.5 Å². The average Bonchev–Trinajstić information content (AvgIpc) is 3.08. The fourth-order valence-electron chi connectivity index (χ4n) is 4.35. The summed E-state index contributed by atoms with van der Waals surface area (Å²) in [7, 11) is 1.81. The zero-order valence-corrected chi connectivity index (χ0v) is 18.8. The summed E-state index contributed by atoms with van der Waals surface area (Å²) in [5.74, 6) is 0.394. The lowest BCUT2D eigenvalue weighted by Crippen LogP contribution is -2.34. The predicted molar refractivity (Wildman–Crippen MR) is 128 cm³/mol. The van der Waals surface area contributed by atoms with Crippen LogP contribution in [0.3, 0.4) is 0 Å². The maximum Gasteiger partial charge on any atom is 0.282 e. The summed E-state index contributed by atoms with van der Waals surface area (Å²) in [6.45, 7) is 4.86. The van der Waals surface area contributed by atoms with Gasteiger partial charge in [0.1, 0.15) is 18.9 Å². The SMILES string of the molecule is Cc1ccc(C2=C(N(C)c3ccccc3)C(=O)N(c3ccc4c(c3)OCCO4)C2=O)c(C)c1. The van der Waals surface area contributed by atoms with E-state index in [1.165, 1.54) is 4.90 Å². The lowest BCUT2D eigenvalue weighted by Gasteiger charge is -2.23. The monoisotopic (exact) mass is 440 g/mol. The van der Waals surface area contributed by atoms with Crippen LogP contribution < -0.4 is 19.3 Å². The number of aryl methyl sites for hydroxylation is 2. The van der Waals surface area contributed by atoms with Crippen molar-refractivity contribution in [2.45, 2.75) is 13.8 Å². The van der Waals surface area contributed by atoms with Crippen LogP contribution in [0, 0.1) is 13.8 Å². The van der Waals surface area contributed by atoms with Gasteiger partial charge in [-0.3, -0.25) is 9.59 Å². The summed E-state index contributed by atoms with van der Waals surface area (Å²) in [6.07, 6.45) is 0. The number of likely N-dealkylation sites (N-methyl/N-ethyl adjacent to an activating group) is 1. The van der Waals surface area contributed by atoms with E-state index in [4.69, 9.17) is 9.47 Å². The summed E-state index contributed by atoms with van der Waals surface area (Å²) >= 11 is 0. The van der Waals surface area contributed by atoms with Crippen LogP contribution in [0.5, 0.6) is 11.5 Å². The molecule has 0 atom stereocenters. The van der Waals surface area contributed by atoms with Crippen molar-refractivity contribution >= 4 is 28.8 Å². The second-order valence-corrected chi connectivity index (χ2v) is 8.21. The third kappa shape index (κ3) is 3.53. The van der Waals surface area contributed by atoms with Crippen molar-refractivity contribution in [3.05, 3.63) is 89.1 Å². The number of rotatable bonds is 4. The summed E-state index contributed by atoms with van der Waals surface area (Å²) < 4.78 is 11.3. The minimum absolute atomic E-state index is 0.341. The quantitative estimate of drug-likeness (QED) is 0.560. The van der Waals surface area contributed by atoms with E-state index in [-0.39, 0.29) is 11.8 Å². The molecule has 0 aromatic heterocycles. The number of anilines is 2. The standard InChI is InChI=1S/C27H24N2O4/c1-17-9-11-21(18(2)15-17)24-25(28(3)19-7-5-4-6-8-19)27(31)29(26(24)30)20-10-12-22-23(16-20)33-14-13-32-22/h4-12,15-16H,13-14H2,1-3H3. The molecule has 2 aliphatic rings. The summed E-state index contributed by atoms with van der Waals surface area (Å²) in [5.41, 5.74) is 4.78. The molecule has 2 heterocycles. The first-order valence-electron chi connectivity index (χ1n) is 10.8. The van der Waals surface area contributed by atoms with Crippen LogP contribution in [-0.4, -0.2) is 32.1 Å². The zero-order chi connectivity index (χ0) is 23.1. The number of nitrogens with zero attached hydrogens (tertiary/aromatic N) is 2. The van der Waals surface area contributed by atoms with E-state index in [2.05, 4.69) is 0 Å². The molecule has 0 N–H and O–H groups in total. The highest BCUT2D eigenvalue weighted by Gasteiger charge is 2.42. The molecule has 0 aliphatic carbocycles. The molecule has 2 aliphatic heterocycles. The topological polar surface area (TPSA) is 59.1 Å². The summed E-state index contributed by atoms with van der Waals surface area (Å²) in [5, 5.41) is 0. The summed E-state index contributed by atoms with van der Waals surface area (Å²) in [4.78, 5) is 30.6. The highest BCUT2D eigenvalue weighted by molar-refractivity contribution is 6.46. The Labute approximate surface area is 192 Å². The van der Waals surface area contributed by atoms with Gasteiger partial charge in [-0.25, -0.2) is 4.90 Å². The lowest BCUT2D eigenvalue weighted by molar-refractivity contribution is -0.120. The molecule has 33 heavy (non-hydrogen) atoms. The van der Waals surface area contributed by atoms with Crippen LogP contribution in [0.4, 0.5) is 11.4 Å². The van der Waals surface area contributed by atoms with Crippen molar-refractivity contribution in [2.24, 2.45) is 0 Å². The highest BCUT2D eigenvalue weighted by atomic mass is 16.6. The first-order valence-corrected chi connectivity index (χ1v) is 10.8. The van der Waals surface area contributed by atoms with Crippen molar-refractivity contribution in [1.82, 2.24) is 0 Å². The van der Waals surface area contributed by atoms with E-state index in [1.807, 2.05) is 69.4 Å². The zero-order valence-electron chi connectivity index (χ0n) is 18.8. The Morgan fingerprint density at radius 1 is 0.818 bits per heavy atom. The third-order valence-corrected chi connectivity index (χ3v) is 5.97. The maximum atomic E-state index is 13.8. The van der Waals surface area contributed by atoms with Crippen molar-refractivity contribution in [2.75, 3.05) is 30.1 Å². The van der Waals surface area contributed by atoms with Gasteiger partial charge in [0, 0.05) is 18.8 Å². The van der Waals surface area contributed by atoms with Gasteiger partial charge in [0.25, 0.3) is 11.8 Å². The number of imide groups is 1. The van der Waals surface area contributed by atoms with Crippen LogP contribution in [0.2, 0.25) is 0 Å². The Morgan fingerprint density at radius 3 is 2.27 bits per heavy atom. The van der Waals surface area contributed by atoms with Crippen LogP contribution in [0.25, 0.3) is 5.57 Å². The second-order valence-electron chi connectivity index (χ2n) is 8.21. The van der Waals surface area contributed by atoms with Gasteiger partial charge in [0.05, 0.1) is 11.3 Å². The van der Waals surface area contributed by atoms with Crippen molar-refractivity contribution in [3.63, 3.8) is 0 Å². The van der Waals surface area contributed by atoms with Gasteiger partial charge in [-0.2, -0.15) is 0 Å². The summed E-state index contributed by atoms with van der Waals surface area (Å²) in [6, 6.07) is 20.6. The number of carbonyl (C=O) groups excluding carboxylic acids is 2. The number of amides is 2. The molecule has 0 saturated heterocycles. The largest absolute Gasteiger partial charge is 0.486 e. The van der Waals surface area contributed by atoms with Gasteiger partial charge < -0.3 is 14.4 Å². The minimum Gasteiger partial charge on any atom is -0.486 e. The molecular formula is C27H24N2O4. The number of benzene rings is 3. The number of hydrogen-bond acceptors (Lipinski definition) is 5. The first-order chi connectivity index (χ1) is 16.0. The smallest absolute Gasteiger partial charge is 0.282 e. The Balaban J connectivity index is 1.65. The van der Waals surface area contributed by atoms with Crippen molar-refractivity contribution in [1.29, 1.82) is 0 Å². The normalized spacial score (nSPS) is 15.3. The molecule has 0 unspecified atom stereocenters. The minimum atomic E-state index is -0.377. The number of para-hydroxylation sites is 1. The Kier molecular flexibility index (Phi) is 5.13. The van der Waals surface area contributed by atoms with Gasteiger partial charge >= 0.3 is 0 Å². The van der Waals surface area contributed by atoms with E-state index in [0.717, 1.165) is 22.4 Å². The molecule has 5 rings (SSSR count). The second kappa shape index (κ2) is 8.13. The lowest BCUT2D eigenvalue weighted by atomic mass is 9.97. The third-order valence-electron chi connectivity index (χ3n) is 5.97. The Morgan fingerprint density at radius 2 is 1.55 bits per heavy atom. The Bertz CT molecular complexity index is 1300. The van der Waals surface area contributed by atoms with Gasteiger partial charge in [0.15, 0.2) is 11.5 Å². The predicted octanol–water partition coefficient (Wildman–Crippen LogP) is 4.50. The molecule has 0 spiro atoms. The molecule has 0 saturated carbocycles. The number of ether oxygens (including phenoxy) is 2. The van der Waals surface area contributed by atoms with E-state index in [0.29, 0.717) is 41.7 Å². The molecule has 3 aromatic rings. The number of carbonyl (C=O) groups is 2. The first kappa shape index (κ1) is 20.8. The van der Waals surface area contributed by atoms with Crippen LogP contribution in [0.15, 0.2) is 72.4 Å². The van der Waals surface area contributed by atoms with E-state index in [9.17, 15) is 9.59 Å². The van der Waals surface area contributed by atoms with Crippen molar-refractivity contribution < 1.29 is 19.1 Å². The fraction of sp³-hybridized carbons (Fsp3) is 0.185. The van der Waals surface area contributed by atoms with Gasteiger partial charge in [-0.15, -0.1) is 0 Å². The van der Waals surface area contributed by atoms with E-state index < -0.39 is 0 Å². The van der Waals surface area contributed by atoms with Gasteiger partial charge in [-0.1, -0.05) is 42.0 Å². The van der Waals surface area contributed by atoms with Gasteiger partial charge in [-0.05, 0) is 49.2 Å². The molecule has 3 aromatic carbocycles. The maximum absolute atomic E-state index is 13.8. The molecular weight excluding hydrogens is 416 g/mol. The van der Waals surface area contributed by atoms with E-state index >= 15 is 0 Å². The van der Waals surface area contributed by atoms with Crippen LogP contribution in [-0.2, 0) is 9.59 Å². The molecule has 0 bridgehead atoms. The van der Waals surface area contributed by atoms with Gasteiger partial charge in [0.2, 0.25) is 0 Å². The molecule has 2 amide bonds.